The van der Waals surface area contributed by atoms with Crippen molar-refractivity contribution in [3.8, 4) is 11.4 Å². The average molecular weight is 244 g/mol. The number of carbonyl (C=O) groups excluding carboxylic acids is 1. The van der Waals surface area contributed by atoms with Crippen LogP contribution in [0.25, 0.3) is 5.69 Å². The first-order chi connectivity index (χ1) is 8.52. The number of aromatic nitrogens is 2. The van der Waals surface area contributed by atoms with Crippen LogP contribution >= 0.6 is 0 Å². The van der Waals surface area contributed by atoms with Crippen LogP contribution in [0.3, 0.4) is 0 Å². The zero-order chi connectivity index (χ0) is 13.3. The molecular weight excluding hydrogens is 232 g/mol. The molecule has 92 valence electrons. The maximum absolute atomic E-state index is 11.8. The van der Waals surface area contributed by atoms with Gasteiger partial charge < -0.3 is 5.11 Å². The summed E-state index contributed by atoms with van der Waals surface area (Å²) in [7, 11) is 0. The van der Waals surface area contributed by atoms with Crippen molar-refractivity contribution >= 4 is 6.29 Å². The number of aldehydes is 1. The van der Waals surface area contributed by atoms with E-state index in [0.717, 1.165) is 21.9 Å². The van der Waals surface area contributed by atoms with E-state index in [9.17, 15) is 14.7 Å². The molecule has 0 atom stereocenters. The van der Waals surface area contributed by atoms with Crippen molar-refractivity contribution in [1.29, 1.82) is 0 Å². The Labute approximate surface area is 103 Å². The second-order valence-electron chi connectivity index (χ2n) is 4.07. The molecule has 0 spiro atoms. The molecule has 0 fully saturated rings. The molecule has 0 aliphatic heterocycles. The van der Waals surface area contributed by atoms with Gasteiger partial charge in [0.05, 0.1) is 5.69 Å². The Morgan fingerprint density at radius 1 is 1.28 bits per heavy atom. The first-order valence-corrected chi connectivity index (χ1v) is 5.39. The molecule has 1 aromatic heterocycles. The van der Waals surface area contributed by atoms with Crippen molar-refractivity contribution < 1.29 is 9.90 Å². The Morgan fingerprint density at radius 2 is 2.00 bits per heavy atom. The third-order valence-corrected chi connectivity index (χ3v) is 2.63. The van der Waals surface area contributed by atoms with Crippen LogP contribution in [-0.2, 0) is 0 Å². The number of hydrogen-bond acceptors (Lipinski definition) is 4. The molecule has 0 radical (unpaired) electrons. The fourth-order valence-corrected chi connectivity index (χ4v) is 1.76. The highest BCUT2D eigenvalue weighted by molar-refractivity contribution is 5.75. The highest BCUT2D eigenvalue weighted by Crippen LogP contribution is 2.15. The number of hydrogen-bond donors (Lipinski definition) is 1. The normalized spacial score (nSPS) is 10.3. The average Bonchev–Trinajstić information content (AvgIpc) is 2.30. The van der Waals surface area contributed by atoms with Gasteiger partial charge in [0.1, 0.15) is 0 Å². The third-order valence-electron chi connectivity index (χ3n) is 2.63. The Hall–Kier alpha value is -2.43. The van der Waals surface area contributed by atoms with E-state index >= 15 is 0 Å². The minimum absolute atomic E-state index is 0.158. The molecule has 1 N–H and O–H groups in total. The lowest BCUT2D eigenvalue weighted by Crippen LogP contribution is -2.22. The molecule has 2 aromatic rings. The lowest BCUT2D eigenvalue weighted by atomic mass is 10.1. The SMILES string of the molecule is Cc1ccc(-n2nc(C=O)c(O)cc2=O)c(C)c1. The highest BCUT2D eigenvalue weighted by Gasteiger charge is 2.10. The van der Waals surface area contributed by atoms with Crippen LogP contribution in [0.2, 0.25) is 0 Å². The number of aryl methyl sites for hydroxylation is 2. The van der Waals surface area contributed by atoms with Gasteiger partial charge in [-0.2, -0.15) is 9.78 Å². The predicted molar refractivity (Wildman–Crippen MR) is 66.4 cm³/mol. The smallest absolute Gasteiger partial charge is 0.275 e. The maximum atomic E-state index is 11.8. The highest BCUT2D eigenvalue weighted by atomic mass is 16.3. The molecule has 0 amide bonds. The van der Waals surface area contributed by atoms with Crippen molar-refractivity contribution in [2.75, 3.05) is 0 Å². The Balaban J connectivity index is 2.71. The molecular formula is C13H12N2O3. The van der Waals surface area contributed by atoms with Crippen LogP contribution in [-0.4, -0.2) is 21.2 Å². The van der Waals surface area contributed by atoms with Gasteiger partial charge in [-0.1, -0.05) is 17.7 Å². The largest absolute Gasteiger partial charge is 0.505 e. The topological polar surface area (TPSA) is 72.2 Å². The van der Waals surface area contributed by atoms with Crippen molar-refractivity contribution in [2.45, 2.75) is 13.8 Å². The molecule has 0 bridgehead atoms. The van der Waals surface area contributed by atoms with Crippen molar-refractivity contribution in [3.63, 3.8) is 0 Å². The van der Waals surface area contributed by atoms with E-state index in [1.165, 1.54) is 0 Å². The van der Waals surface area contributed by atoms with Crippen molar-refractivity contribution in [1.82, 2.24) is 9.78 Å². The monoisotopic (exact) mass is 244 g/mol. The Kier molecular flexibility index (Phi) is 2.97. The summed E-state index contributed by atoms with van der Waals surface area (Å²) in [5, 5.41) is 13.2. The van der Waals surface area contributed by atoms with E-state index in [-0.39, 0.29) is 5.69 Å². The molecule has 0 saturated heterocycles. The molecule has 1 aromatic carbocycles. The summed E-state index contributed by atoms with van der Waals surface area (Å²) < 4.78 is 1.11. The van der Waals surface area contributed by atoms with Crippen LogP contribution < -0.4 is 5.56 Å². The van der Waals surface area contributed by atoms with Crippen LogP contribution in [0.4, 0.5) is 0 Å². The van der Waals surface area contributed by atoms with Gasteiger partial charge >= 0.3 is 0 Å². The van der Waals surface area contributed by atoms with Crippen LogP contribution in [0.5, 0.6) is 5.75 Å². The summed E-state index contributed by atoms with van der Waals surface area (Å²) in [4.78, 5) is 22.5. The van der Waals surface area contributed by atoms with Gasteiger partial charge in [-0.25, -0.2) is 0 Å². The van der Waals surface area contributed by atoms with Gasteiger partial charge in [0.25, 0.3) is 5.56 Å². The molecule has 2 rings (SSSR count). The van der Waals surface area contributed by atoms with Crippen molar-refractivity contribution in [2.24, 2.45) is 0 Å². The number of nitrogens with zero attached hydrogens (tertiary/aromatic N) is 2. The second kappa shape index (κ2) is 4.44. The van der Waals surface area contributed by atoms with E-state index in [0.29, 0.717) is 12.0 Å². The van der Waals surface area contributed by atoms with Crippen LogP contribution in [0, 0.1) is 13.8 Å². The third kappa shape index (κ3) is 2.02. The summed E-state index contributed by atoms with van der Waals surface area (Å²) in [6, 6.07) is 6.50. The molecule has 0 saturated carbocycles. The number of rotatable bonds is 2. The lowest BCUT2D eigenvalue weighted by molar-refractivity contribution is 0.111. The van der Waals surface area contributed by atoms with E-state index in [1.54, 1.807) is 6.07 Å². The molecule has 18 heavy (non-hydrogen) atoms. The molecule has 5 nitrogen and oxygen atoms in total. The fourth-order valence-electron chi connectivity index (χ4n) is 1.76. The maximum Gasteiger partial charge on any atom is 0.275 e. The lowest BCUT2D eigenvalue weighted by Gasteiger charge is -2.09. The van der Waals surface area contributed by atoms with E-state index in [4.69, 9.17) is 0 Å². The van der Waals surface area contributed by atoms with Gasteiger partial charge in [0, 0.05) is 6.07 Å². The van der Waals surface area contributed by atoms with Gasteiger partial charge in [-0.05, 0) is 25.5 Å². The molecule has 1 heterocycles. The van der Waals surface area contributed by atoms with Gasteiger partial charge in [-0.15, -0.1) is 0 Å². The van der Waals surface area contributed by atoms with Crippen LogP contribution in [0.15, 0.2) is 29.1 Å². The first kappa shape index (κ1) is 12.0. The zero-order valence-electron chi connectivity index (χ0n) is 10.0. The summed E-state index contributed by atoms with van der Waals surface area (Å²) >= 11 is 0. The number of aromatic hydroxyl groups is 1. The van der Waals surface area contributed by atoms with E-state index in [2.05, 4.69) is 5.10 Å². The van der Waals surface area contributed by atoms with Crippen LogP contribution in [0.1, 0.15) is 21.6 Å². The minimum atomic E-state index is -0.481. The quantitative estimate of drug-likeness (QED) is 0.810. The van der Waals surface area contributed by atoms with Gasteiger partial charge in [0.2, 0.25) is 0 Å². The number of carbonyl (C=O) groups is 1. The van der Waals surface area contributed by atoms with E-state index < -0.39 is 11.3 Å². The van der Waals surface area contributed by atoms with Crippen molar-refractivity contribution in [3.05, 3.63) is 51.4 Å². The predicted octanol–water partition coefficient (Wildman–Crippen LogP) is 1.37. The summed E-state index contributed by atoms with van der Waals surface area (Å²) in [5.41, 5.74) is 1.89. The molecule has 0 unspecified atom stereocenters. The summed E-state index contributed by atoms with van der Waals surface area (Å²) in [6.07, 6.45) is 0.412. The number of benzene rings is 1. The van der Waals surface area contributed by atoms with Gasteiger partial charge in [0.15, 0.2) is 17.7 Å². The molecule has 0 aliphatic rings. The fraction of sp³-hybridized carbons (Fsp3) is 0.154. The minimum Gasteiger partial charge on any atom is -0.505 e. The Morgan fingerprint density at radius 3 is 2.61 bits per heavy atom. The van der Waals surface area contributed by atoms with Gasteiger partial charge in [-0.3, -0.25) is 9.59 Å². The summed E-state index contributed by atoms with van der Waals surface area (Å²) in [6.45, 7) is 3.80. The molecule has 0 aliphatic carbocycles. The zero-order valence-corrected chi connectivity index (χ0v) is 10.0. The van der Waals surface area contributed by atoms with E-state index in [1.807, 2.05) is 26.0 Å². The first-order valence-electron chi connectivity index (χ1n) is 5.39. The Bertz CT molecular complexity index is 674. The molecule has 5 heteroatoms. The summed E-state index contributed by atoms with van der Waals surface area (Å²) in [5.74, 6) is -0.406. The standard InChI is InChI=1S/C13H12N2O3/c1-8-3-4-11(9(2)5-8)15-13(18)6-12(17)10(7-16)14-15/h3-7,17H,1-2H3. The second-order valence-corrected chi connectivity index (χ2v) is 4.07.